The Morgan fingerprint density at radius 3 is 2.04 bits per heavy atom. The fraction of sp³-hybridized carbons (Fsp3) is 0.625. The Balaban J connectivity index is 2.09. The first-order valence-electron chi connectivity index (χ1n) is 8.21. The van der Waals surface area contributed by atoms with E-state index in [-0.39, 0.29) is 5.75 Å². The molecule has 0 saturated carbocycles. The molecule has 0 saturated heterocycles. The lowest BCUT2D eigenvalue weighted by Crippen LogP contribution is -2.63. The molecule has 1 aromatic rings. The van der Waals surface area contributed by atoms with Crippen LogP contribution in [0.4, 0.5) is 26.3 Å². The number of halogens is 6. The first-order chi connectivity index (χ1) is 12.8. The molecule has 0 N–H and O–H groups in total. The fourth-order valence-electron chi connectivity index (χ4n) is 2.95. The minimum absolute atomic E-state index is 0.241. The Kier molecular flexibility index (Phi) is 6.56. The molecule has 1 aliphatic carbocycles. The van der Waals surface area contributed by atoms with Gasteiger partial charge in [0.25, 0.3) is 5.60 Å². The second kappa shape index (κ2) is 8.07. The fourth-order valence-corrected chi connectivity index (χ4v) is 3.86. The van der Waals surface area contributed by atoms with Crippen LogP contribution in [-0.4, -0.2) is 49.9 Å². The van der Waals surface area contributed by atoms with Crippen LogP contribution in [0.5, 0.6) is 5.75 Å². The van der Waals surface area contributed by atoms with Crippen molar-refractivity contribution in [3.63, 3.8) is 0 Å². The number of aryl methyl sites for hydroxylation is 2. The average molecular weight is 435 g/mol. The van der Waals surface area contributed by atoms with E-state index < -0.39 is 47.0 Å². The second-order valence-corrected chi connectivity index (χ2v) is 7.76. The highest BCUT2D eigenvalue weighted by Gasteiger charge is 2.73. The molecule has 1 aliphatic rings. The Morgan fingerprint density at radius 2 is 1.50 bits per heavy atom. The summed E-state index contributed by atoms with van der Waals surface area (Å²) in [6.45, 7) is -1.93. The summed E-state index contributed by atoms with van der Waals surface area (Å²) in [7, 11) is -5.90. The van der Waals surface area contributed by atoms with E-state index in [1.54, 1.807) is 12.1 Å². The van der Waals surface area contributed by atoms with Crippen LogP contribution in [0, 0.1) is 0 Å². The van der Waals surface area contributed by atoms with Gasteiger partial charge in [0.2, 0.25) is 0 Å². The van der Waals surface area contributed by atoms with Crippen LogP contribution >= 0.6 is 0 Å². The van der Waals surface area contributed by atoms with Crippen molar-refractivity contribution in [1.29, 1.82) is 0 Å². The lowest BCUT2D eigenvalue weighted by molar-refractivity contribution is -0.372. The largest absolute Gasteiger partial charge is 0.748 e. The predicted molar refractivity (Wildman–Crippen MR) is 83.9 cm³/mol. The van der Waals surface area contributed by atoms with Gasteiger partial charge in [0.1, 0.15) is 12.4 Å². The van der Waals surface area contributed by atoms with Crippen molar-refractivity contribution >= 4 is 10.1 Å². The number of alkyl halides is 6. The Hall–Kier alpha value is -1.53. The molecule has 0 fully saturated rings. The highest BCUT2D eigenvalue weighted by molar-refractivity contribution is 7.85. The van der Waals surface area contributed by atoms with Gasteiger partial charge in [0, 0.05) is 0 Å². The SMILES string of the molecule is O=S(=O)([O-])CC(OCCOc1ccc2c(c1)CCCC2)(C(F)(F)F)C(F)(F)F. The third-order valence-corrected chi connectivity index (χ3v) is 5.08. The standard InChI is InChI=1S/C16H18F6O5S/c17-15(18,19)14(16(20,21)22,10-28(23,24)25)27-8-7-26-13-6-5-11-3-1-2-4-12(11)9-13/h5-6,9H,1-4,7-8,10H2,(H,23,24,25)/p-1. The lowest BCUT2D eigenvalue weighted by Gasteiger charge is -2.37. The van der Waals surface area contributed by atoms with Crippen molar-refractivity contribution in [2.45, 2.75) is 43.6 Å². The van der Waals surface area contributed by atoms with Crippen LogP contribution in [0.25, 0.3) is 0 Å². The van der Waals surface area contributed by atoms with Crippen molar-refractivity contribution in [3.8, 4) is 5.75 Å². The highest BCUT2D eigenvalue weighted by Crippen LogP contribution is 2.46. The van der Waals surface area contributed by atoms with Gasteiger partial charge in [-0.2, -0.15) is 26.3 Å². The van der Waals surface area contributed by atoms with E-state index >= 15 is 0 Å². The van der Waals surface area contributed by atoms with Crippen LogP contribution in [0.2, 0.25) is 0 Å². The first kappa shape index (κ1) is 22.8. The summed E-state index contributed by atoms with van der Waals surface area (Å²) in [6.07, 6.45) is -8.69. The number of benzene rings is 1. The van der Waals surface area contributed by atoms with Gasteiger partial charge in [-0.15, -0.1) is 0 Å². The quantitative estimate of drug-likeness (QED) is 0.373. The van der Waals surface area contributed by atoms with Crippen LogP contribution in [0.15, 0.2) is 18.2 Å². The lowest BCUT2D eigenvalue weighted by atomic mass is 9.92. The van der Waals surface area contributed by atoms with E-state index in [1.807, 2.05) is 0 Å². The van der Waals surface area contributed by atoms with Gasteiger partial charge >= 0.3 is 12.4 Å². The number of ether oxygens (including phenoxy) is 2. The molecule has 2 rings (SSSR count). The molecule has 0 atom stereocenters. The van der Waals surface area contributed by atoms with Crippen molar-refractivity contribution in [2.75, 3.05) is 19.0 Å². The highest BCUT2D eigenvalue weighted by atomic mass is 32.2. The third kappa shape index (κ3) is 5.29. The summed E-state index contributed by atoms with van der Waals surface area (Å²) in [5, 5.41) is 0. The molecular formula is C16H17F6O5S-. The molecular weight excluding hydrogens is 418 g/mol. The zero-order chi connectivity index (χ0) is 21.2. The van der Waals surface area contributed by atoms with Gasteiger partial charge in [-0.3, -0.25) is 0 Å². The average Bonchev–Trinajstić information content (AvgIpc) is 2.54. The van der Waals surface area contributed by atoms with E-state index in [2.05, 4.69) is 4.74 Å². The molecule has 0 bridgehead atoms. The molecule has 0 aromatic heterocycles. The van der Waals surface area contributed by atoms with Crippen LogP contribution in [0.3, 0.4) is 0 Å². The molecule has 28 heavy (non-hydrogen) atoms. The van der Waals surface area contributed by atoms with E-state index in [1.165, 1.54) is 6.07 Å². The smallest absolute Gasteiger partial charge is 0.427 e. The second-order valence-electron chi connectivity index (χ2n) is 6.36. The summed E-state index contributed by atoms with van der Waals surface area (Å²) in [5.41, 5.74) is -3.04. The molecule has 0 aliphatic heterocycles. The summed E-state index contributed by atoms with van der Waals surface area (Å²) in [4.78, 5) is 0. The van der Waals surface area contributed by atoms with E-state index in [9.17, 15) is 39.3 Å². The minimum Gasteiger partial charge on any atom is -0.748 e. The number of hydrogen-bond donors (Lipinski definition) is 0. The molecule has 12 heteroatoms. The van der Waals surface area contributed by atoms with Gasteiger partial charge in [0.05, 0.1) is 22.5 Å². The topological polar surface area (TPSA) is 75.7 Å². The summed E-state index contributed by atoms with van der Waals surface area (Å²) in [5.74, 6) is -2.57. The third-order valence-electron chi connectivity index (χ3n) is 4.32. The molecule has 0 radical (unpaired) electrons. The van der Waals surface area contributed by atoms with Gasteiger partial charge in [-0.25, -0.2) is 8.42 Å². The first-order valence-corrected chi connectivity index (χ1v) is 9.78. The van der Waals surface area contributed by atoms with Crippen molar-refractivity contribution in [3.05, 3.63) is 29.3 Å². The summed E-state index contributed by atoms with van der Waals surface area (Å²) in [6, 6.07) is 4.95. The summed E-state index contributed by atoms with van der Waals surface area (Å²) < 4.78 is 119. The van der Waals surface area contributed by atoms with Crippen LogP contribution < -0.4 is 4.74 Å². The van der Waals surface area contributed by atoms with Crippen molar-refractivity contribution in [1.82, 2.24) is 0 Å². The molecule has 0 spiro atoms. The predicted octanol–water partition coefficient (Wildman–Crippen LogP) is 3.37. The van der Waals surface area contributed by atoms with Gasteiger partial charge in [-0.05, 0) is 48.9 Å². The van der Waals surface area contributed by atoms with E-state index in [0.29, 0.717) is 0 Å². The maximum Gasteiger partial charge on any atom is 0.427 e. The van der Waals surface area contributed by atoms with Crippen LogP contribution in [0.1, 0.15) is 24.0 Å². The monoisotopic (exact) mass is 435 g/mol. The molecule has 0 heterocycles. The zero-order valence-electron chi connectivity index (χ0n) is 14.4. The molecule has 5 nitrogen and oxygen atoms in total. The summed E-state index contributed by atoms with van der Waals surface area (Å²) >= 11 is 0. The van der Waals surface area contributed by atoms with Gasteiger partial charge in [-0.1, -0.05) is 6.07 Å². The Labute approximate surface area is 157 Å². The number of fused-ring (bicyclic) bond motifs is 1. The zero-order valence-corrected chi connectivity index (χ0v) is 15.2. The molecule has 1 aromatic carbocycles. The maximum absolute atomic E-state index is 13.1. The maximum atomic E-state index is 13.1. The normalized spacial score (nSPS) is 16.0. The number of hydrogen-bond acceptors (Lipinski definition) is 5. The Bertz CT molecular complexity index is 774. The molecule has 160 valence electrons. The van der Waals surface area contributed by atoms with Crippen LogP contribution in [-0.2, 0) is 27.7 Å². The minimum atomic E-state index is -6.17. The van der Waals surface area contributed by atoms with Crippen molar-refractivity contribution < 1.29 is 48.8 Å². The van der Waals surface area contributed by atoms with E-state index in [0.717, 1.165) is 36.8 Å². The Morgan fingerprint density at radius 1 is 0.929 bits per heavy atom. The van der Waals surface area contributed by atoms with Gasteiger partial charge < -0.3 is 14.0 Å². The number of rotatable bonds is 7. The van der Waals surface area contributed by atoms with Gasteiger partial charge in [0.15, 0.2) is 0 Å². The molecule has 0 amide bonds. The van der Waals surface area contributed by atoms with Crippen molar-refractivity contribution in [2.24, 2.45) is 0 Å². The molecule has 0 unspecified atom stereocenters. The van der Waals surface area contributed by atoms with E-state index in [4.69, 9.17) is 4.74 Å².